The molecule has 3 atom stereocenters. The molecule has 2 aliphatic heterocycles. The van der Waals surface area contributed by atoms with E-state index in [1.54, 1.807) is 10.7 Å². The van der Waals surface area contributed by atoms with E-state index in [0.29, 0.717) is 30.4 Å². The van der Waals surface area contributed by atoms with Gasteiger partial charge in [0, 0.05) is 38.3 Å². The van der Waals surface area contributed by atoms with Crippen LogP contribution in [0.25, 0.3) is 5.65 Å². The molecule has 0 saturated carbocycles. The smallest absolute Gasteiger partial charge is 0.256 e. The predicted octanol–water partition coefficient (Wildman–Crippen LogP) is 1.18. The molecule has 1 fully saturated rings. The van der Waals surface area contributed by atoms with Gasteiger partial charge in [0.25, 0.3) is 5.91 Å². The number of hydrogen-bond acceptors (Lipinski definition) is 7. The lowest BCUT2D eigenvalue weighted by atomic mass is 9.92. The van der Waals surface area contributed by atoms with Crippen LogP contribution in [0.4, 0.5) is 11.6 Å². The van der Waals surface area contributed by atoms with Crippen LogP contribution in [0.3, 0.4) is 0 Å². The Kier molecular flexibility index (Phi) is 5.36. The number of likely N-dealkylation sites (tertiary alicyclic amines) is 1. The third-order valence-corrected chi connectivity index (χ3v) is 5.65. The van der Waals surface area contributed by atoms with E-state index in [2.05, 4.69) is 39.9 Å². The molecule has 2 aromatic rings. The topological polar surface area (TPSA) is 95.8 Å². The van der Waals surface area contributed by atoms with E-state index < -0.39 is 0 Å². The lowest BCUT2D eigenvalue weighted by molar-refractivity contribution is -0.0391. The van der Waals surface area contributed by atoms with Crippen molar-refractivity contribution in [3.63, 3.8) is 0 Å². The number of nitrogens with zero attached hydrogens (tertiary/aromatic N) is 4. The van der Waals surface area contributed by atoms with E-state index >= 15 is 0 Å². The van der Waals surface area contributed by atoms with Crippen LogP contribution in [-0.4, -0.2) is 77.4 Å². The van der Waals surface area contributed by atoms with Crippen molar-refractivity contribution in [1.82, 2.24) is 24.8 Å². The van der Waals surface area contributed by atoms with Gasteiger partial charge in [-0.15, -0.1) is 0 Å². The molecule has 2 aliphatic rings. The van der Waals surface area contributed by atoms with Crippen molar-refractivity contribution in [3.8, 4) is 0 Å². The molecular weight excluding hydrogens is 358 g/mol. The normalized spacial score (nSPS) is 26.1. The molecule has 1 amide bonds. The minimum Gasteiger partial charge on any atom is -0.375 e. The third kappa shape index (κ3) is 3.51. The van der Waals surface area contributed by atoms with Crippen molar-refractivity contribution in [1.29, 1.82) is 0 Å². The standard InChI is InChI=1S/C19H29N7O2/c1-4-5-14-15-8-12(11-25(14)3)23-16-9-17(20-2)26-18(24-16)13(10-22-26)19(27)21-6-7-28-15/h9-10,12,14-15,20H,4-8,11H2,1-3H3,(H,21,27)(H,23,24). The zero-order valence-electron chi connectivity index (χ0n) is 16.7. The number of amides is 1. The molecule has 0 aromatic carbocycles. The van der Waals surface area contributed by atoms with Crippen LogP contribution < -0.4 is 16.0 Å². The Morgan fingerprint density at radius 1 is 1.43 bits per heavy atom. The maximum Gasteiger partial charge on any atom is 0.256 e. The summed E-state index contributed by atoms with van der Waals surface area (Å²) in [6.07, 6.45) is 4.83. The van der Waals surface area contributed by atoms with Crippen LogP contribution in [0.15, 0.2) is 12.3 Å². The number of carbonyl (C=O) groups excluding carboxylic acids is 1. The molecule has 3 unspecified atom stereocenters. The number of fused-ring (bicyclic) bond motifs is 3. The summed E-state index contributed by atoms with van der Waals surface area (Å²) in [5.41, 5.74) is 1.000. The van der Waals surface area contributed by atoms with Gasteiger partial charge in [0.2, 0.25) is 0 Å². The second kappa shape index (κ2) is 7.92. The summed E-state index contributed by atoms with van der Waals surface area (Å²) in [7, 11) is 4.00. The summed E-state index contributed by atoms with van der Waals surface area (Å²) in [5.74, 6) is 1.33. The fourth-order valence-electron chi connectivity index (χ4n) is 4.32. The molecule has 0 spiro atoms. The molecule has 9 nitrogen and oxygen atoms in total. The number of ether oxygens (including phenoxy) is 1. The Hall–Kier alpha value is -2.39. The van der Waals surface area contributed by atoms with Crippen molar-refractivity contribution in [2.45, 2.75) is 44.4 Å². The maximum atomic E-state index is 12.6. The van der Waals surface area contributed by atoms with E-state index in [1.807, 2.05) is 13.1 Å². The Bertz CT molecular complexity index is 852. The summed E-state index contributed by atoms with van der Waals surface area (Å²) in [5, 5.41) is 14.0. The average molecular weight is 387 g/mol. The zero-order valence-corrected chi connectivity index (χ0v) is 16.7. The molecule has 28 heavy (non-hydrogen) atoms. The van der Waals surface area contributed by atoms with E-state index in [4.69, 9.17) is 9.72 Å². The molecule has 0 aliphatic carbocycles. The van der Waals surface area contributed by atoms with Crippen molar-refractivity contribution < 1.29 is 9.53 Å². The maximum absolute atomic E-state index is 12.6. The summed E-state index contributed by atoms with van der Waals surface area (Å²) in [4.78, 5) is 19.7. The third-order valence-electron chi connectivity index (χ3n) is 5.65. The van der Waals surface area contributed by atoms with Gasteiger partial charge >= 0.3 is 0 Å². The lowest BCUT2D eigenvalue weighted by Gasteiger charge is -2.43. The molecule has 4 rings (SSSR count). The highest BCUT2D eigenvalue weighted by molar-refractivity contribution is 6.00. The first-order chi connectivity index (χ1) is 13.6. The SMILES string of the molecule is CCCC1C2CC(CN1C)Nc1cc(NC)n3ncc(c3n1)C(=O)NCCO2. The summed E-state index contributed by atoms with van der Waals surface area (Å²) < 4.78 is 7.88. The summed E-state index contributed by atoms with van der Waals surface area (Å²) in [6, 6.07) is 2.54. The number of rotatable bonds is 3. The predicted molar refractivity (Wildman–Crippen MR) is 108 cm³/mol. The second-order valence-electron chi connectivity index (χ2n) is 7.61. The van der Waals surface area contributed by atoms with Crippen LogP contribution in [0.2, 0.25) is 0 Å². The number of nitrogens with one attached hydrogen (secondary N) is 3. The van der Waals surface area contributed by atoms with Gasteiger partial charge in [-0.3, -0.25) is 9.69 Å². The Balaban J connectivity index is 1.71. The minimum absolute atomic E-state index is 0.128. The monoisotopic (exact) mass is 387 g/mol. The fraction of sp³-hybridized carbons (Fsp3) is 0.632. The summed E-state index contributed by atoms with van der Waals surface area (Å²) >= 11 is 0. The van der Waals surface area contributed by atoms with E-state index in [-0.39, 0.29) is 18.1 Å². The van der Waals surface area contributed by atoms with Crippen LogP contribution in [0.5, 0.6) is 0 Å². The number of aromatic nitrogens is 3. The minimum atomic E-state index is -0.185. The molecule has 2 aromatic heterocycles. The van der Waals surface area contributed by atoms with Crippen molar-refractivity contribution in [3.05, 3.63) is 17.8 Å². The van der Waals surface area contributed by atoms with Crippen molar-refractivity contribution >= 4 is 23.2 Å². The summed E-state index contributed by atoms with van der Waals surface area (Å²) in [6.45, 7) is 4.09. The molecule has 4 bridgehead atoms. The highest BCUT2D eigenvalue weighted by Crippen LogP contribution is 2.26. The second-order valence-corrected chi connectivity index (χ2v) is 7.61. The molecule has 0 radical (unpaired) electrons. The van der Waals surface area contributed by atoms with Crippen LogP contribution in [-0.2, 0) is 4.74 Å². The Morgan fingerprint density at radius 3 is 3.07 bits per heavy atom. The van der Waals surface area contributed by atoms with Crippen molar-refractivity contribution in [2.24, 2.45) is 0 Å². The van der Waals surface area contributed by atoms with Gasteiger partial charge in [-0.1, -0.05) is 13.3 Å². The van der Waals surface area contributed by atoms with Gasteiger partial charge in [0.05, 0.1) is 18.9 Å². The highest BCUT2D eigenvalue weighted by atomic mass is 16.5. The van der Waals surface area contributed by atoms with E-state index in [9.17, 15) is 4.79 Å². The number of hydrogen-bond donors (Lipinski definition) is 3. The first-order valence-corrected chi connectivity index (χ1v) is 10.0. The van der Waals surface area contributed by atoms with Gasteiger partial charge in [-0.05, 0) is 19.9 Å². The van der Waals surface area contributed by atoms with Gasteiger partial charge in [0.15, 0.2) is 5.65 Å². The Labute approximate surface area is 164 Å². The molecular formula is C19H29N7O2. The number of likely N-dealkylation sites (N-methyl/N-ethyl adjacent to an activating group) is 1. The first-order valence-electron chi connectivity index (χ1n) is 10.0. The van der Waals surface area contributed by atoms with Gasteiger partial charge < -0.3 is 20.7 Å². The molecule has 3 N–H and O–H groups in total. The van der Waals surface area contributed by atoms with Gasteiger partial charge in [0.1, 0.15) is 17.2 Å². The van der Waals surface area contributed by atoms with Crippen LogP contribution in [0, 0.1) is 0 Å². The molecule has 9 heteroatoms. The highest BCUT2D eigenvalue weighted by Gasteiger charge is 2.35. The lowest BCUT2D eigenvalue weighted by Crippen LogP contribution is -2.54. The van der Waals surface area contributed by atoms with E-state index in [0.717, 1.165) is 37.4 Å². The Morgan fingerprint density at radius 2 is 2.29 bits per heavy atom. The number of anilines is 2. The molecule has 4 heterocycles. The first kappa shape index (κ1) is 18.9. The van der Waals surface area contributed by atoms with Crippen molar-refractivity contribution in [2.75, 3.05) is 44.4 Å². The van der Waals surface area contributed by atoms with Crippen LogP contribution in [0.1, 0.15) is 36.5 Å². The van der Waals surface area contributed by atoms with Gasteiger partial charge in [-0.25, -0.2) is 4.98 Å². The number of carbonyl (C=O) groups is 1. The quantitative estimate of drug-likeness (QED) is 0.728. The molecule has 1 saturated heterocycles. The largest absolute Gasteiger partial charge is 0.375 e. The van der Waals surface area contributed by atoms with Crippen LogP contribution >= 0.6 is 0 Å². The van der Waals surface area contributed by atoms with Gasteiger partial charge in [-0.2, -0.15) is 9.61 Å². The number of piperidine rings is 1. The fourth-order valence-corrected chi connectivity index (χ4v) is 4.32. The molecule has 152 valence electrons. The zero-order chi connectivity index (χ0) is 19.7. The van der Waals surface area contributed by atoms with E-state index in [1.165, 1.54) is 0 Å². The average Bonchev–Trinajstić information content (AvgIpc) is 3.10.